The van der Waals surface area contributed by atoms with E-state index in [9.17, 15) is 0 Å². The summed E-state index contributed by atoms with van der Waals surface area (Å²) in [7, 11) is 0. The van der Waals surface area contributed by atoms with E-state index in [2.05, 4.69) is 39.8 Å². The van der Waals surface area contributed by atoms with Crippen LogP contribution in [0.5, 0.6) is 0 Å². The Kier molecular flexibility index (Phi) is 5.34. The number of hydrogen-bond donors (Lipinski definition) is 0. The Hall–Kier alpha value is -0.200. The summed E-state index contributed by atoms with van der Waals surface area (Å²) in [6.07, 6.45) is 3.14. The number of hydrogen-bond acceptors (Lipinski definition) is 0. The highest BCUT2D eigenvalue weighted by molar-refractivity contribution is 6.31. The minimum absolute atomic E-state index is 0.179. The molecule has 0 aliphatic carbocycles. The molecule has 0 nitrogen and oxygen atoms in total. The number of aryl methyl sites for hydroxylation is 2. The van der Waals surface area contributed by atoms with E-state index in [-0.39, 0.29) is 10.8 Å². The fraction of sp³-hybridized carbons (Fsp3) is 0.600. The summed E-state index contributed by atoms with van der Waals surface area (Å²) in [5.41, 5.74) is 2.62. The van der Waals surface area contributed by atoms with Crippen LogP contribution in [-0.2, 0) is 6.42 Å². The first-order valence-electron chi connectivity index (χ1n) is 6.20. The van der Waals surface area contributed by atoms with Gasteiger partial charge in [-0.1, -0.05) is 44.5 Å². The van der Waals surface area contributed by atoms with Gasteiger partial charge in [0.25, 0.3) is 0 Å². The summed E-state index contributed by atoms with van der Waals surface area (Å²) in [5.74, 6) is 0. The molecular formula is C15H22Cl2. The first-order valence-corrected chi connectivity index (χ1v) is 7.01. The third kappa shape index (κ3) is 4.89. The van der Waals surface area contributed by atoms with Gasteiger partial charge in [-0.25, -0.2) is 0 Å². The molecule has 1 unspecified atom stereocenters. The van der Waals surface area contributed by atoms with E-state index >= 15 is 0 Å². The maximum atomic E-state index is 6.36. The van der Waals surface area contributed by atoms with Crippen LogP contribution in [0.25, 0.3) is 0 Å². The van der Waals surface area contributed by atoms with Crippen molar-refractivity contribution >= 4 is 23.2 Å². The number of halogens is 2. The minimum atomic E-state index is 0.179. The van der Waals surface area contributed by atoms with Crippen molar-refractivity contribution in [3.8, 4) is 0 Å². The van der Waals surface area contributed by atoms with Crippen LogP contribution in [0.1, 0.15) is 44.7 Å². The quantitative estimate of drug-likeness (QED) is 0.624. The molecule has 0 aromatic heterocycles. The first kappa shape index (κ1) is 14.9. The second-order valence-corrected chi connectivity index (χ2v) is 6.75. The fourth-order valence-corrected chi connectivity index (χ4v) is 2.24. The molecule has 0 aliphatic rings. The van der Waals surface area contributed by atoms with Gasteiger partial charge in [-0.2, -0.15) is 0 Å². The summed E-state index contributed by atoms with van der Waals surface area (Å²) in [5, 5.41) is 1.11. The van der Waals surface area contributed by atoms with Gasteiger partial charge in [0.15, 0.2) is 0 Å². The predicted octanol–water partition coefficient (Wildman–Crippen LogP) is 5.62. The average Bonchev–Trinajstić information content (AvgIpc) is 2.19. The van der Waals surface area contributed by atoms with Crippen LogP contribution < -0.4 is 0 Å². The van der Waals surface area contributed by atoms with E-state index in [1.807, 2.05) is 6.07 Å². The molecule has 0 heterocycles. The lowest BCUT2D eigenvalue weighted by Gasteiger charge is -2.25. The highest BCUT2D eigenvalue weighted by atomic mass is 35.5. The molecule has 0 radical (unpaired) electrons. The third-order valence-corrected chi connectivity index (χ3v) is 4.28. The van der Waals surface area contributed by atoms with Crippen LogP contribution in [0.3, 0.4) is 0 Å². The average molecular weight is 273 g/mol. The van der Waals surface area contributed by atoms with Gasteiger partial charge < -0.3 is 0 Å². The first-order chi connectivity index (χ1) is 7.80. The van der Waals surface area contributed by atoms with Gasteiger partial charge in [0.1, 0.15) is 0 Å². The maximum Gasteiger partial charge on any atom is 0.0440 e. The van der Waals surface area contributed by atoms with Crippen molar-refractivity contribution in [2.24, 2.45) is 5.41 Å². The Bertz CT molecular complexity index is 364. The molecule has 0 amide bonds. The lowest BCUT2D eigenvalue weighted by atomic mass is 9.88. The number of rotatable bonds is 4. The molecule has 17 heavy (non-hydrogen) atoms. The van der Waals surface area contributed by atoms with Gasteiger partial charge in [-0.3, -0.25) is 0 Å². The Labute approximate surface area is 115 Å². The normalized spacial score (nSPS) is 13.8. The molecule has 1 aromatic carbocycles. The summed E-state index contributed by atoms with van der Waals surface area (Å²) in [6.45, 7) is 8.61. The molecule has 0 N–H and O–H groups in total. The van der Waals surface area contributed by atoms with E-state index in [1.54, 1.807) is 0 Å². The molecular weight excluding hydrogens is 251 g/mol. The summed E-state index contributed by atoms with van der Waals surface area (Å²) >= 11 is 12.6. The third-order valence-electron chi connectivity index (χ3n) is 3.05. The largest absolute Gasteiger partial charge is 0.122 e. The highest BCUT2D eigenvalue weighted by Crippen LogP contribution is 2.29. The molecule has 0 bridgehead atoms. The van der Waals surface area contributed by atoms with Gasteiger partial charge >= 0.3 is 0 Å². The molecule has 0 aliphatic heterocycles. The van der Waals surface area contributed by atoms with E-state index in [1.165, 1.54) is 11.1 Å². The lowest BCUT2D eigenvalue weighted by Crippen LogP contribution is -2.20. The predicted molar refractivity (Wildman–Crippen MR) is 78.2 cm³/mol. The molecule has 1 rings (SSSR count). The summed E-state index contributed by atoms with van der Waals surface area (Å²) in [6, 6.07) is 6.26. The van der Waals surface area contributed by atoms with Crippen molar-refractivity contribution in [1.29, 1.82) is 0 Å². The van der Waals surface area contributed by atoms with Crippen molar-refractivity contribution < 1.29 is 0 Å². The SMILES string of the molecule is Cc1ccc(CCCC(Cl)C(C)(C)C)c(Cl)c1. The van der Waals surface area contributed by atoms with Crippen LogP contribution in [0.4, 0.5) is 0 Å². The number of alkyl halides is 1. The van der Waals surface area contributed by atoms with Gasteiger partial charge in [-0.15, -0.1) is 11.6 Å². The zero-order valence-electron chi connectivity index (χ0n) is 11.2. The number of benzene rings is 1. The van der Waals surface area contributed by atoms with Gasteiger partial charge in [0.05, 0.1) is 0 Å². The van der Waals surface area contributed by atoms with Crippen molar-refractivity contribution in [2.75, 3.05) is 0 Å². The van der Waals surface area contributed by atoms with E-state index in [0.29, 0.717) is 0 Å². The van der Waals surface area contributed by atoms with E-state index in [4.69, 9.17) is 23.2 Å². The molecule has 2 heteroatoms. The highest BCUT2D eigenvalue weighted by Gasteiger charge is 2.21. The van der Waals surface area contributed by atoms with Crippen LogP contribution in [0.15, 0.2) is 18.2 Å². The summed E-state index contributed by atoms with van der Waals surface area (Å²) in [4.78, 5) is 0. The van der Waals surface area contributed by atoms with Crippen molar-refractivity contribution in [2.45, 2.75) is 52.3 Å². The van der Waals surface area contributed by atoms with Gasteiger partial charge in [0.2, 0.25) is 0 Å². The van der Waals surface area contributed by atoms with Crippen molar-refractivity contribution in [1.82, 2.24) is 0 Å². The second kappa shape index (κ2) is 6.11. The van der Waals surface area contributed by atoms with Crippen LogP contribution in [-0.4, -0.2) is 5.38 Å². The molecule has 0 spiro atoms. The Morgan fingerprint density at radius 1 is 1.24 bits per heavy atom. The van der Waals surface area contributed by atoms with Gasteiger partial charge in [0, 0.05) is 10.4 Å². The zero-order chi connectivity index (χ0) is 13.1. The fourth-order valence-electron chi connectivity index (χ4n) is 1.76. The molecule has 0 saturated carbocycles. The zero-order valence-corrected chi connectivity index (χ0v) is 12.7. The Morgan fingerprint density at radius 2 is 1.88 bits per heavy atom. The van der Waals surface area contributed by atoms with E-state index in [0.717, 1.165) is 24.3 Å². The van der Waals surface area contributed by atoms with Crippen molar-refractivity contribution in [3.63, 3.8) is 0 Å². The van der Waals surface area contributed by atoms with Crippen molar-refractivity contribution in [3.05, 3.63) is 34.3 Å². The Morgan fingerprint density at radius 3 is 2.41 bits per heavy atom. The topological polar surface area (TPSA) is 0 Å². The lowest BCUT2D eigenvalue weighted by molar-refractivity contribution is 0.369. The minimum Gasteiger partial charge on any atom is -0.122 e. The molecule has 0 saturated heterocycles. The van der Waals surface area contributed by atoms with Crippen LogP contribution in [0.2, 0.25) is 5.02 Å². The smallest absolute Gasteiger partial charge is 0.0440 e. The van der Waals surface area contributed by atoms with E-state index < -0.39 is 0 Å². The molecule has 1 atom stereocenters. The monoisotopic (exact) mass is 272 g/mol. The van der Waals surface area contributed by atoms with Crippen LogP contribution >= 0.6 is 23.2 Å². The van der Waals surface area contributed by atoms with Gasteiger partial charge in [-0.05, 0) is 48.8 Å². The van der Waals surface area contributed by atoms with Crippen LogP contribution in [0, 0.1) is 12.3 Å². The molecule has 1 aromatic rings. The maximum absolute atomic E-state index is 6.36. The molecule has 96 valence electrons. The second-order valence-electron chi connectivity index (χ2n) is 5.82. The Balaban J connectivity index is 2.46. The summed E-state index contributed by atoms with van der Waals surface area (Å²) < 4.78 is 0. The molecule has 0 fully saturated rings. The standard InChI is InChI=1S/C15H22Cl2/c1-11-8-9-12(13(16)10-11)6-5-7-14(17)15(2,3)4/h8-10,14H,5-7H2,1-4H3.